The van der Waals surface area contributed by atoms with Crippen molar-refractivity contribution < 1.29 is 14.6 Å². The van der Waals surface area contributed by atoms with E-state index in [2.05, 4.69) is 0 Å². The molecule has 2 rings (SSSR count). The molecule has 0 unspecified atom stereocenters. The SMILES string of the molecule is CCOc1cccc(OC2(CO)CCCCC2)c1. The van der Waals surface area contributed by atoms with Crippen molar-refractivity contribution in [3.63, 3.8) is 0 Å². The van der Waals surface area contributed by atoms with Crippen molar-refractivity contribution in [2.45, 2.75) is 44.6 Å². The fourth-order valence-electron chi connectivity index (χ4n) is 2.53. The lowest BCUT2D eigenvalue weighted by Gasteiger charge is -2.36. The minimum absolute atomic E-state index is 0.0891. The maximum absolute atomic E-state index is 9.62. The summed E-state index contributed by atoms with van der Waals surface area (Å²) in [5.74, 6) is 1.61. The van der Waals surface area contributed by atoms with Crippen molar-refractivity contribution in [3.8, 4) is 11.5 Å². The van der Waals surface area contributed by atoms with Gasteiger partial charge in [0.1, 0.15) is 17.1 Å². The van der Waals surface area contributed by atoms with Crippen molar-refractivity contribution in [1.29, 1.82) is 0 Å². The Morgan fingerprint density at radius 2 is 1.89 bits per heavy atom. The van der Waals surface area contributed by atoms with Crippen molar-refractivity contribution in [2.24, 2.45) is 0 Å². The first kappa shape index (κ1) is 13.2. The van der Waals surface area contributed by atoms with Crippen LogP contribution in [0.5, 0.6) is 11.5 Å². The number of hydrogen-bond donors (Lipinski definition) is 1. The van der Waals surface area contributed by atoms with E-state index in [0.29, 0.717) is 6.61 Å². The van der Waals surface area contributed by atoms with Gasteiger partial charge in [0.15, 0.2) is 0 Å². The Kier molecular flexibility index (Phi) is 4.48. The normalized spacial score (nSPS) is 18.3. The highest BCUT2D eigenvalue weighted by Crippen LogP contribution is 2.33. The van der Waals surface area contributed by atoms with Crippen LogP contribution in [0.3, 0.4) is 0 Å². The van der Waals surface area contributed by atoms with Crippen LogP contribution >= 0.6 is 0 Å². The molecule has 0 heterocycles. The lowest BCUT2D eigenvalue weighted by molar-refractivity contribution is -0.0199. The van der Waals surface area contributed by atoms with Gasteiger partial charge in [-0.15, -0.1) is 0 Å². The van der Waals surface area contributed by atoms with Crippen LogP contribution in [0.25, 0.3) is 0 Å². The predicted molar refractivity (Wildman–Crippen MR) is 71.1 cm³/mol. The van der Waals surface area contributed by atoms with Crippen LogP contribution in [0.4, 0.5) is 0 Å². The number of rotatable bonds is 5. The van der Waals surface area contributed by atoms with Gasteiger partial charge in [-0.05, 0) is 44.7 Å². The van der Waals surface area contributed by atoms with Gasteiger partial charge in [-0.3, -0.25) is 0 Å². The third-order valence-electron chi connectivity index (χ3n) is 3.50. The largest absolute Gasteiger partial charge is 0.494 e. The average Bonchev–Trinajstić information content (AvgIpc) is 2.41. The van der Waals surface area contributed by atoms with E-state index in [9.17, 15) is 5.11 Å². The van der Waals surface area contributed by atoms with E-state index in [-0.39, 0.29) is 12.2 Å². The molecule has 100 valence electrons. The van der Waals surface area contributed by atoms with E-state index in [4.69, 9.17) is 9.47 Å². The molecule has 3 nitrogen and oxygen atoms in total. The molecule has 0 aliphatic heterocycles. The van der Waals surface area contributed by atoms with E-state index < -0.39 is 0 Å². The molecular weight excluding hydrogens is 228 g/mol. The second kappa shape index (κ2) is 6.10. The molecule has 3 heteroatoms. The standard InChI is InChI=1S/C15H22O3/c1-2-17-13-7-6-8-14(11-13)18-15(12-16)9-4-3-5-10-15/h6-8,11,16H,2-5,9-10,12H2,1H3. The number of aliphatic hydroxyl groups excluding tert-OH is 1. The number of benzene rings is 1. The minimum Gasteiger partial charge on any atom is -0.494 e. The molecule has 1 aliphatic rings. The molecule has 0 aromatic heterocycles. The van der Waals surface area contributed by atoms with E-state index in [0.717, 1.165) is 37.2 Å². The first-order valence-electron chi connectivity index (χ1n) is 6.81. The smallest absolute Gasteiger partial charge is 0.132 e. The summed E-state index contributed by atoms with van der Waals surface area (Å²) >= 11 is 0. The average molecular weight is 250 g/mol. The van der Waals surface area contributed by atoms with Crippen molar-refractivity contribution in [3.05, 3.63) is 24.3 Å². The summed E-state index contributed by atoms with van der Waals surface area (Å²) in [5, 5.41) is 9.62. The second-order valence-electron chi connectivity index (χ2n) is 4.91. The van der Waals surface area contributed by atoms with E-state index >= 15 is 0 Å². The molecule has 1 aliphatic carbocycles. The quantitative estimate of drug-likeness (QED) is 0.872. The van der Waals surface area contributed by atoms with E-state index in [1.807, 2.05) is 31.2 Å². The van der Waals surface area contributed by atoms with E-state index in [1.165, 1.54) is 6.42 Å². The van der Waals surface area contributed by atoms with Crippen LogP contribution in [-0.2, 0) is 0 Å². The monoisotopic (exact) mass is 250 g/mol. The third kappa shape index (κ3) is 3.16. The summed E-state index contributed by atoms with van der Waals surface area (Å²) in [4.78, 5) is 0. The molecular formula is C15H22O3. The van der Waals surface area contributed by atoms with Crippen molar-refractivity contribution >= 4 is 0 Å². The predicted octanol–water partition coefficient (Wildman–Crippen LogP) is 3.16. The summed E-state index contributed by atoms with van der Waals surface area (Å²) in [5.41, 5.74) is -0.386. The molecule has 1 fully saturated rings. The molecule has 0 radical (unpaired) electrons. The van der Waals surface area contributed by atoms with Gasteiger partial charge in [-0.1, -0.05) is 12.5 Å². The summed E-state index contributed by atoms with van der Waals surface area (Å²) in [6.45, 7) is 2.70. The number of hydrogen-bond acceptors (Lipinski definition) is 3. The highest BCUT2D eigenvalue weighted by Gasteiger charge is 2.33. The molecule has 1 N–H and O–H groups in total. The molecule has 0 amide bonds. The van der Waals surface area contributed by atoms with Gasteiger partial charge in [0.2, 0.25) is 0 Å². The third-order valence-corrected chi connectivity index (χ3v) is 3.50. The molecule has 0 saturated heterocycles. The molecule has 1 saturated carbocycles. The highest BCUT2D eigenvalue weighted by molar-refractivity contribution is 5.33. The van der Waals surface area contributed by atoms with Gasteiger partial charge in [0.05, 0.1) is 13.2 Å². The van der Waals surface area contributed by atoms with Gasteiger partial charge >= 0.3 is 0 Å². The Morgan fingerprint density at radius 3 is 2.56 bits per heavy atom. The second-order valence-corrected chi connectivity index (χ2v) is 4.91. The topological polar surface area (TPSA) is 38.7 Å². The highest BCUT2D eigenvalue weighted by atomic mass is 16.5. The molecule has 18 heavy (non-hydrogen) atoms. The van der Waals surface area contributed by atoms with Gasteiger partial charge < -0.3 is 14.6 Å². The Balaban J connectivity index is 2.08. The number of ether oxygens (including phenoxy) is 2. The Labute approximate surface area is 109 Å². The van der Waals surface area contributed by atoms with Crippen LogP contribution in [0.2, 0.25) is 0 Å². The summed E-state index contributed by atoms with van der Waals surface area (Å²) in [7, 11) is 0. The van der Waals surface area contributed by atoms with Crippen LogP contribution in [0, 0.1) is 0 Å². The van der Waals surface area contributed by atoms with Crippen molar-refractivity contribution in [2.75, 3.05) is 13.2 Å². The fourth-order valence-corrected chi connectivity index (χ4v) is 2.53. The molecule has 0 spiro atoms. The van der Waals surface area contributed by atoms with Gasteiger partial charge in [0.25, 0.3) is 0 Å². The fraction of sp³-hybridized carbons (Fsp3) is 0.600. The molecule has 1 aromatic carbocycles. The molecule has 0 atom stereocenters. The lowest BCUT2D eigenvalue weighted by atomic mass is 9.85. The van der Waals surface area contributed by atoms with Gasteiger partial charge in [-0.25, -0.2) is 0 Å². The van der Waals surface area contributed by atoms with Gasteiger partial charge in [0, 0.05) is 6.07 Å². The van der Waals surface area contributed by atoms with Gasteiger partial charge in [-0.2, -0.15) is 0 Å². The number of aliphatic hydroxyl groups is 1. The van der Waals surface area contributed by atoms with Crippen molar-refractivity contribution in [1.82, 2.24) is 0 Å². The summed E-state index contributed by atoms with van der Waals surface area (Å²) in [6, 6.07) is 7.67. The first-order valence-corrected chi connectivity index (χ1v) is 6.81. The zero-order valence-electron chi connectivity index (χ0n) is 11.0. The summed E-state index contributed by atoms with van der Waals surface area (Å²) < 4.78 is 11.5. The zero-order valence-corrected chi connectivity index (χ0v) is 11.0. The van der Waals surface area contributed by atoms with Crippen LogP contribution < -0.4 is 9.47 Å². The lowest BCUT2D eigenvalue weighted by Crippen LogP contribution is -2.41. The maximum Gasteiger partial charge on any atom is 0.132 e. The first-order chi connectivity index (χ1) is 8.78. The Bertz CT molecular complexity index is 370. The summed E-state index contributed by atoms with van der Waals surface area (Å²) in [6.07, 6.45) is 5.37. The Hall–Kier alpha value is -1.22. The zero-order chi connectivity index (χ0) is 12.8. The van der Waals surface area contributed by atoms with Crippen LogP contribution in [0.15, 0.2) is 24.3 Å². The van der Waals surface area contributed by atoms with E-state index in [1.54, 1.807) is 0 Å². The minimum atomic E-state index is -0.386. The van der Waals surface area contributed by atoms with Crippen LogP contribution in [0.1, 0.15) is 39.0 Å². The Morgan fingerprint density at radius 1 is 1.17 bits per heavy atom. The molecule has 1 aromatic rings. The van der Waals surface area contributed by atoms with Crippen LogP contribution in [-0.4, -0.2) is 23.9 Å². The molecule has 0 bridgehead atoms. The maximum atomic E-state index is 9.62.